The van der Waals surface area contributed by atoms with Crippen molar-refractivity contribution in [1.29, 1.82) is 0 Å². The van der Waals surface area contributed by atoms with Crippen molar-refractivity contribution in [2.75, 3.05) is 11.9 Å². The monoisotopic (exact) mass is 249 g/mol. The molecule has 1 amide bonds. The van der Waals surface area contributed by atoms with Crippen molar-refractivity contribution in [2.45, 2.75) is 34.1 Å². The van der Waals surface area contributed by atoms with Gasteiger partial charge < -0.3 is 5.32 Å². The van der Waals surface area contributed by atoms with Crippen molar-refractivity contribution in [1.82, 2.24) is 5.32 Å². The molecule has 2 nitrogen and oxygen atoms in total. The Morgan fingerprint density at radius 3 is 2.38 bits per heavy atom. The minimum absolute atomic E-state index is 0.155. The highest BCUT2D eigenvalue weighted by Gasteiger charge is 2.22. The molecule has 0 aromatic carbocycles. The molecule has 0 heterocycles. The van der Waals surface area contributed by atoms with Crippen LogP contribution in [0.25, 0.3) is 0 Å². The van der Waals surface area contributed by atoms with E-state index in [1.807, 2.05) is 0 Å². The second-order valence-electron chi connectivity index (χ2n) is 4.51. The molecule has 0 aliphatic carbocycles. The van der Waals surface area contributed by atoms with Crippen LogP contribution in [0.15, 0.2) is 0 Å². The van der Waals surface area contributed by atoms with Gasteiger partial charge in [-0.05, 0) is 11.3 Å². The van der Waals surface area contributed by atoms with E-state index < -0.39 is 0 Å². The summed E-state index contributed by atoms with van der Waals surface area (Å²) in [5.41, 5.74) is 0.214. The van der Waals surface area contributed by atoms with Gasteiger partial charge in [0.25, 0.3) is 0 Å². The zero-order valence-corrected chi connectivity index (χ0v) is 10.6. The molecule has 13 heavy (non-hydrogen) atoms. The molecule has 0 rings (SSSR count). The number of hydrogen-bond acceptors (Lipinski definition) is 1. The summed E-state index contributed by atoms with van der Waals surface area (Å²) in [7, 11) is 0. The maximum Gasteiger partial charge on any atom is 0.220 e. The molecule has 0 aromatic heterocycles. The lowest BCUT2D eigenvalue weighted by Crippen LogP contribution is -2.30. The fourth-order valence-corrected chi connectivity index (χ4v) is 1.04. The summed E-state index contributed by atoms with van der Waals surface area (Å²) in [6, 6.07) is 0. The van der Waals surface area contributed by atoms with Gasteiger partial charge >= 0.3 is 0 Å². The lowest BCUT2D eigenvalue weighted by molar-refractivity contribution is -0.122. The van der Waals surface area contributed by atoms with E-state index in [1.165, 1.54) is 0 Å². The number of carbonyl (C=O) groups excluding carboxylic acids is 1. The molecule has 0 fully saturated rings. The molecule has 0 aliphatic rings. The molecule has 0 radical (unpaired) electrons. The molecule has 0 saturated carbocycles. The van der Waals surface area contributed by atoms with E-state index >= 15 is 0 Å². The molecule has 0 aliphatic heterocycles. The Morgan fingerprint density at radius 1 is 1.46 bits per heavy atom. The van der Waals surface area contributed by atoms with Crippen LogP contribution in [0.5, 0.6) is 0 Å². The summed E-state index contributed by atoms with van der Waals surface area (Å²) in [5, 5.41) is 3.67. The highest BCUT2D eigenvalue weighted by Crippen LogP contribution is 2.27. The zero-order valence-electron chi connectivity index (χ0n) is 8.98. The minimum Gasteiger partial charge on any atom is -0.355 e. The summed E-state index contributed by atoms with van der Waals surface area (Å²) in [4.78, 5) is 11.3. The minimum atomic E-state index is 0.155. The van der Waals surface area contributed by atoms with Gasteiger partial charge in [-0.3, -0.25) is 4.79 Å². The molecule has 0 saturated heterocycles. The summed E-state index contributed by atoms with van der Waals surface area (Å²) in [5.74, 6) is 0.574. The van der Waals surface area contributed by atoms with Gasteiger partial charge in [-0.1, -0.05) is 43.6 Å². The SMILES string of the molecule is CC(CC(=O)NCCBr)C(C)(C)C. The third kappa shape index (κ3) is 6.08. The van der Waals surface area contributed by atoms with Crippen LogP contribution in [0.3, 0.4) is 0 Å². The topological polar surface area (TPSA) is 29.1 Å². The third-order valence-corrected chi connectivity index (χ3v) is 2.78. The van der Waals surface area contributed by atoms with Gasteiger partial charge in [-0.25, -0.2) is 0 Å². The first-order chi connectivity index (χ1) is 5.88. The smallest absolute Gasteiger partial charge is 0.220 e. The Kier molecular flexibility index (Phi) is 5.61. The van der Waals surface area contributed by atoms with Crippen molar-refractivity contribution in [2.24, 2.45) is 11.3 Å². The molecule has 0 bridgehead atoms. The number of hydrogen-bond donors (Lipinski definition) is 1. The largest absolute Gasteiger partial charge is 0.355 e. The van der Waals surface area contributed by atoms with Crippen molar-refractivity contribution in [3.05, 3.63) is 0 Å². The van der Waals surface area contributed by atoms with Gasteiger partial charge in [0.15, 0.2) is 0 Å². The molecule has 1 atom stereocenters. The number of amides is 1. The second-order valence-corrected chi connectivity index (χ2v) is 5.30. The molecular formula is C10H20BrNO. The van der Waals surface area contributed by atoms with E-state index in [4.69, 9.17) is 0 Å². The highest BCUT2D eigenvalue weighted by molar-refractivity contribution is 9.09. The normalized spacial score (nSPS) is 13.9. The first-order valence-corrected chi connectivity index (χ1v) is 5.82. The quantitative estimate of drug-likeness (QED) is 0.763. The first kappa shape index (κ1) is 12.9. The van der Waals surface area contributed by atoms with Crippen LogP contribution in [-0.2, 0) is 4.79 Å². The van der Waals surface area contributed by atoms with Gasteiger partial charge in [0.2, 0.25) is 5.91 Å². The van der Waals surface area contributed by atoms with Crippen LogP contribution in [0, 0.1) is 11.3 Å². The van der Waals surface area contributed by atoms with Crippen LogP contribution < -0.4 is 5.32 Å². The second kappa shape index (κ2) is 5.63. The Morgan fingerprint density at radius 2 is 2.00 bits per heavy atom. The third-order valence-electron chi connectivity index (χ3n) is 2.39. The van der Waals surface area contributed by atoms with E-state index in [0.29, 0.717) is 12.3 Å². The van der Waals surface area contributed by atoms with Crippen molar-refractivity contribution >= 4 is 21.8 Å². The maximum atomic E-state index is 11.3. The molecule has 78 valence electrons. The van der Waals surface area contributed by atoms with Gasteiger partial charge in [-0.15, -0.1) is 0 Å². The molecular weight excluding hydrogens is 230 g/mol. The van der Waals surface area contributed by atoms with E-state index in [0.717, 1.165) is 11.9 Å². The molecule has 1 unspecified atom stereocenters. The lowest BCUT2D eigenvalue weighted by Gasteiger charge is -2.26. The molecule has 3 heteroatoms. The first-order valence-electron chi connectivity index (χ1n) is 4.70. The van der Waals surface area contributed by atoms with Crippen LogP contribution >= 0.6 is 15.9 Å². The van der Waals surface area contributed by atoms with E-state index in [9.17, 15) is 4.79 Å². The number of halogens is 1. The van der Waals surface area contributed by atoms with Gasteiger partial charge in [0.05, 0.1) is 0 Å². The van der Waals surface area contributed by atoms with E-state index in [-0.39, 0.29) is 11.3 Å². The van der Waals surface area contributed by atoms with Crippen LogP contribution in [0.1, 0.15) is 34.1 Å². The van der Waals surface area contributed by atoms with Gasteiger partial charge in [0, 0.05) is 18.3 Å². The van der Waals surface area contributed by atoms with E-state index in [2.05, 4.69) is 48.9 Å². The van der Waals surface area contributed by atoms with Crippen molar-refractivity contribution in [3.8, 4) is 0 Å². The fraction of sp³-hybridized carbons (Fsp3) is 0.900. The molecule has 0 spiro atoms. The average Bonchev–Trinajstić information content (AvgIpc) is 1.99. The molecule has 1 N–H and O–H groups in total. The Balaban J connectivity index is 3.79. The van der Waals surface area contributed by atoms with Crippen molar-refractivity contribution in [3.63, 3.8) is 0 Å². The Bertz CT molecular complexity index is 163. The van der Waals surface area contributed by atoms with Crippen molar-refractivity contribution < 1.29 is 4.79 Å². The predicted molar refractivity (Wildman–Crippen MR) is 60.0 cm³/mol. The zero-order chi connectivity index (χ0) is 10.5. The van der Waals surface area contributed by atoms with E-state index in [1.54, 1.807) is 0 Å². The summed E-state index contributed by atoms with van der Waals surface area (Å²) < 4.78 is 0. The molecule has 0 aromatic rings. The summed E-state index contributed by atoms with van der Waals surface area (Å²) >= 11 is 3.27. The standard InChI is InChI=1S/C10H20BrNO/c1-8(10(2,3)4)7-9(13)12-6-5-11/h8H,5-7H2,1-4H3,(H,12,13). The highest BCUT2D eigenvalue weighted by atomic mass is 79.9. The van der Waals surface area contributed by atoms with Gasteiger partial charge in [-0.2, -0.15) is 0 Å². The predicted octanol–water partition coefficient (Wildman–Crippen LogP) is 2.57. The Hall–Kier alpha value is -0.0500. The number of carbonyl (C=O) groups is 1. The van der Waals surface area contributed by atoms with Gasteiger partial charge in [0.1, 0.15) is 0 Å². The average molecular weight is 250 g/mol. The maximum absolute atomic E-state index is 11.3. The van der Waals surface area contributed by atoms with Crippen LogP contribution in [0.4, 0.5) is 0 Å². The number of nitrogens with one attached hydrogen (secondary N) is 1. The summed E-state index contributed by atoms with van der Waals surface area (Å²) in [6.07, 6.45) is 0.622. The van der Waals surface area contributed by atoms with Crippen LogP contribution in [0.2, 0.25) is 0 Å². The lowest BCUT2D eigenvalue weighted by atomic mass is 9.80. The summed E-state index contributed by atoms with van der Waals surface area (Å²) in [6.45, 7) is 9.32. The van der Waals surface area contributed by atoms with Crippen LogP contribution in [-0.4, -0.2) is 17.8 Å². The number of rotatable bonds is 4. The fourth-order valence-electron chi connectivity index (χ4n) is 0.843. The Labute approximate surface area is 89.6 Å². The number of alkyl halides is 1.